The number of carbonyl (C=O) groups is 1. The van der Waals surface area contributed by atoms with Crippen LogP contribution in [-0.2, 0) is 6.54 Å². The van der Waals surface area contributed by atoms with Crippen molar-refractivity contribution in [3.8, 4) is 0 Å². The Morgan fingerprint density at radius 2 is 2.09 bits per heavy atom. The van der Waals surface area contributed by atoms with Crippen molar-refractivity contribution < 1.29 is 4.79 Å². The van der Waals surface area contributed by atoms with Crippen molar-refractivity contribution >= 4 is 11.6 Å². The lowest BCUT2D eigenvalue weighted by atomic mass is 10.1. The first kappa shape index (κ1) is 16.0. The molecule has 1 unspecified atom stereocenters. The highest BCUT2D eigenvalue weighted by Gasteiger charge is 2.08. The van der Waals surface area contributed by atoms with Crippen LogP contribution in [0.25, 0.3) is 0 Å². The zero-order valence-corrected chi connectivity index (χ0v) is 13.4. The molecular weight excluding hydrogens is 274 g/mol. The summed E-state index contributed by atoms with van der Waals surface area (Å²) >= 11 is 0. The van der Waals surface area contributed by atoms with Gasteiger partial charge < -0.3 is 10.6 Å². The van der Waals surface area contributed by atoms with Crippen LogP contribution in [0.4, 0.5) is 5.69 Å². The molecule has 1 aromatic carbocycles. The third kappa shape index (κ3) is 4.58. The molecule has 1 amide bonds. The van der Waals surface area contributed by atoms with Gasteiger partial charge in [0.1, 0.15) is 5.69 Å². The van der Waals surface area contributed by atoms with Gasteiger partial charge in [0, 0.05) is 24.5 Å². The largest absolute Gasteiger partial charge is 0.382 e. The zero-order valence-electron chi connectivity index (χ0n) is 13.4. The van der Waals surface area contributed by atoms with E-state index in [0.29, 0.717) is 18.3 Å². The molecule has 22 heavy (non-hydrogen) atoms. The number of amides is 1. The van der Waals surface area contributed by atoms with E-state index in [1.54, 1.807) is 12.3 Å². The number of carbonyl (C=O) groups excluding carboxylic acids is 1. The van der Waals surface area contributed by atoms with E-state index in [-0.39, 0.29) is 5.91 Å². The first-order valence-electron chi connectivity index (χ1n) is 7.65. The minimum absolute atomic E-state index is 0.158. The number of benzene rings is 1. The van der Waals surface area contributed by atoms with Gasteiger partial charge in [0.05, 0.1) is 0 Å². The van der Waals surface area contributed by atoms with E-state index in [0.717, 1.165) is 17.7 Å². The van der Waals surface area contributed by atoms with Crippen LogP contribution in [0.3, 0.4) is 0 Å². The van der Waals surface area contributed by atoms with E-state index in [1.807, 2.05) is 31.2 Å². The number of hydrogen-bond acceptors (Lipinski definition) is 3. The summed E-state index contributed by atoms with van der Waals surface area (Å²) in [5.74, 6) is -0.158. The summed E-state index contributed by atoms with van der Waals surface area (Å²) in [5.41, 5.74) is 3.62. The smallest absolute Gasteiger partial charge is 0.270 e. The fourth-order valence-electron chi connectivity index (χ4n) is 2.13. The minimum Gasteiger partial charge on any atom is -0.382 e. The van der Waals surface area contributed by atoms with Crippen molar-refractivity contribution in [2.45, 2.75) is 39.8 Å². The van der Waals surface area contributed by atoms with E-state index in [4.69, 9.17) is 0 Å². The Labute approximate surface area is 132 Å². The van der Waals surface area contributed by atoms with Gasteiger partial charge in [0.15, 0.2) is 0 Å². The number of pyridine rings is 1. The van der Waals surface area contributed by atoms with Gasteiger partial charge in [0.25, 0.3) is 5.91 Å². The first-order valence-corrected chi connectivity index (χ1v) is 7.65. The predicted molar refractivity (Wildman–Crippen MR) is 90.0 cm³/mol. The SMILES string of the molecule is CCC(C)Nc1ccnc(C(=O)NCc2cccc(C)c2)c1. The zero-order chi connectivity index (χ0) is 15.9. The molecule has 2 aromatic rings. The van der Waals surface area contributed by atoms with Gasteiger partial charge in [-0.15, -0.1) is 0 Å². The van der Waals surface area contributed by atoms with Crippen molar-refractivity contribution in [1.29, 1.82) is 0 Å². The molecule has 116 valence electrons. The van der Waals surface area contributed by atoms with Gasteiger partial charge >= 0.3 is 0 Å². The Hall–Kier alpha value is -2.36. The van der Waals surface area contributed by atoms with Crippen molar-refractivity contribution in [3.05, 3.63) is 59.4 Å². The van der Waals surface area contributed by atoms with Gasteiger partial charge in [-0.3, -0.25) is 9.78 Å². The molecule has 0 spiro atoms. The second kappa shape index (κ2) is 7.59. The maximum absolute atomic E-state index is 12.2. The maximum Gasteiger partial charge on any atom is 0.270 e. The normalized spacial score (nSPS) is 11.8. The van der Waals surface area contributed by atoms with Gasteiger partial charge in [-0.25, -0.2) is 0 Å². The van der Waals surface area contributed by atoms with Crippen LogP contribution in [0.15, 0.2) is 42.6 Å². The van der Waals surface area contributed by atoms with Crippen molar-refractivity contribution in [3.63, 3.8) is 0 Å². The molecule has 0 aliphatic heterocycles. The van der Waals surface area contributed by atoms with E-state index in [9.17, 15) is 4.79 Å². The van der Waals surface area contributed by atoms with Gasteiger partial charge in [-0.05, 0) is 38.0 Å². The third-order valence-electron chi connectivity index (χ3n) is 3.55. The minimum atomic E-state index is -0.158. The van der Waals surface area contributed by atoms with Crippen LogP contribution >= 0.6 is 0 Å². The Morgan fingerprint density at radius 1 is 1.27 bits per heavy atom. The summed E-state index contributed by atoms with van der Waals surface area (Å²) in [5, 5.41) is 6.26. The number of aromatic nitrogens is 1. The monoisotopic (exact) mass is 297 g/mol. The van der Waals surface area contributed by atoms with Crippen LogP contribution in [0.5, 0.6) is 0 Å². The predicted octanol–water partition coefficient (Wildman–Crippen LogP) is 3.53. The molecular formula is C18H23N3O. The molecule has 0 bridgehead atoms. The summed E-state index contributed by atoms with van der Waals surface area (Å²) < 4.78 is 0. The van der Waals surface area contributed by atoms with Gasteiger partial charge in [-0.2, -0.15) is 0 Å². The average Bonchev–Trinajstić information content (AvgIpc) is 2.53. The molecule has 0 radical (unpaired) electrons. The molecule has 4 heteroatoms. The lowest BCUT2D eigenvalue weighted by molar-refractivity contribution is 0.0946. The van der Waals surface area contributed by atoms with Crippen molar-refractivity contribution in [2.75, 3.05) is 5.32 Å². The number of hydrogen-bond donors (Lipinski definition) is 2. The molecule has 0 aliphatic carbocycles. The highest BCUT2D eigenvalue weighted by atomic mass is 16.1. The fourth-order valence-corrected chi connectivity index (χ4v) is 2.13. The summed E-state index contributed by atoms with van der Waals surface area (Å²) in [6.45, 7) is 6.77. The fraction of sp³-hybridized carbons (Fsp3) is 0.333. The Morgan fingerprint density at radius 3 is 2.82 bits per heavy atom. The van der Waals surface area contributed by atoms with E-state index >= 15 is 0 Å². The standard InChI is InChI=1S/C18H23N3O/c1-4-14(3)21-16-8-9-19-17(11-16)18(22)20-12-15-7-5-6-13(2)10-15/h5-11,14H,4,12H2,1-3H3,(H,19,21)(H,20,22). The van der Waals surface area contributed by atoms with Crippen LogP contribution in [-0.4, -0.2) is 16.9 Å². The van der Waals surface area contributed by atoms with Gasteiger partial charge in [0.2, 0.25) is 0 Å². The highest BCUT2D eigenvalue weighted by molar-refractivity contribution is 5.93. The second-order valence-corrected chi connectivity index (χ2v) is 5.56. The van der Waals surface area contributed by atoms with Crippen LogP contribution in [0.2, 0.25) is 0 Å². The summed E-state index contributed by atoms with van der Waals surface area (Å²) in [6, 6.07) is 12.1. The van der Waals surface area contributed by atoms with Crippen molar-refractivity contribution in [1.82, 2.24) is 10.3 Å². The molecule has 0 saturated heterocycles. The second-order valence-electron chi connectivity index (χ2n) is 5.56. The van der Waals surface area contributed by atoms with E-state index in [2.05, 4.69) is 35.5 Å². The molecule has 1 heterocycles. The maximum atomic E-state index is 12.2. The molecule has 4 nitrogen and oxygen atoms in total. The lowest BCUT2D eigenvalue weighted by Gasteiger charge is -2.13. The summed E-state index contributed by atoms with van der Waals surface area (Å²) in [7, 11) is 0. The van der Waals surface area contributed by atoms with Gasteiger partial charge in [-0.1, -0.05) is 36.8 Å². The first-order chi connectivity index (χ1) is 10.6. The molecule has 1 aromatic heterocycles. The molecule has 0 saturated carbocycles. The number of aryl methyl sites for hydroxylation is 1. The van der Waals surface area contributed by atoms with Crippen LogP contribution in [0.1, 0.15) is 41.9 Å². The summed E-state index contributed by atoms with van der Waals surface area (Å²) in [4.78, 5) is 16.4. The Bertz CT molecular complexity index is 640. The molecule has 1 atom stereocenters. The molecule has 0 aliphatic rings. The quantitative estimate of drug-likeness (QED) is 0.857. The molecule has 0 fully saturated rings. The molecule has 2 N–H and O–H groups in total. The molecule has 2 rings (SSSR count). The van der Waals surface area contributed by atoms with Crippen LogP contribution < -0.4 is 10.6 Å². The number of nitrogens with zero attached hydrogens (tertiary/aromatic N) is 1. The number of anilines is 1. The average molecular weight is 297 g/mol. The number of nitrogens with one attached hydrogen (secondary N) is 2. The van der Waals surface area contributed by atoms with Crippen LogP contribution in [0, 0.1) is 6.92 Å². The van der Waals surface area contributed by atoms with E-state index in [1.165, 1.54) is 5.56 Å². The number of rotatable bonds is 6. The lowest BCUT2D eigenvalue weighted by Crippen LogP contribution is -2.24. The van der Waals surface area contributed by atoms with Crippen molar-refractivity contribution in [2.24, 2.45) is 0 Å². The highest BCUT2D eigenvalue weighted by Crippen LogP contribution is 2.11. The van der Waals surface area contributed by atoms with E-state index < -0.39 is 0 Å². The topological polar surface area (TPSA) is 54.0 Å². The summed E-state index contributed by atoms with van der Waals surface area (Å²) in [6.07, 6.45) is 2.68. The Kier molecular flexibility index (Phi) is 5.53. The Balaban J connectivity index is 1.99. The third-order valence-corrected chi connectivity index (χ3v) is 3.55.